The minimum Gasteiger partial charge on any atom is -0.484 e. The van der Waals surface area contributed by atoms with Crippen LogP contribution in [0.2, 0.25) is 0 Å². The summed E-state index contributed by atoms with van der Waals surface area (Å²) < 4.78 is 5.48. The summed E-state index contributed by atoms with van der Waals surface area (Å²) in [4.78, 5) is 23.9. The van der Waals surface area contributed by atoms with Gasteiger partial charge in [-0.15, -0.1) is 11.8 Å². The van der Waals surface area contributed by atoms with E-state index in [0.29, 0.717) is 5.75 Å². The number of ether oxygens (including phenoxy) is 1. The van der Waals surface area contributed by atoms with E-state index in [-0.39, 0.29) is 29.2 Å². The molecule has 160 valence electrons. The fourth-order valence-electron chi connectivity index (χ4n) is 2.39. The molecule has 0 saturated heterocycles. The molecule has 0 radical (unpaired) electrons. The number of benzene rings is 2. The van der Waals surface area contributed by atoms with Crippen LogP contribution in [0.15, 0.2) is 59.7 Å². The molecule has 2 aromatic carbocycles. The fourth-order valence-corrected chi connectivity index (χ4v) is 3.22. The van der Waals surface area contributed by atoms with Gasteiger partial charge in [0.2, 0.25) is 0 Å². The molecule has 2 amide bonds. The minimum atomic E-state index is -0.289. The van der Waals surface area contributed by atoms with Crippen LogP contribution in [0.25, 0.3) is 0 Å². The van der Waals surface area contributed by atoms with Crippen LogP contribution in [0.1, 0.15) is 38.8 Å². The van der Waals surface area contributed by atoms with E-state index in [2.05, 4.69) is 15.8 Å². The number of amides is 2. The van der Waals surface area contributed by atoms with Crippen molar-refractivity contribution >= 4 is 29.8 Å². The molecule has 0 aliphatic heterocycles. The Morgan fingerprint density at radius 2 is 1.77 bits per heavy atom. The molecule has 0 heterocycles. The van der Waals surface area contributed by atoms with Crippen LogP contribution >= 0.6 is 11.8 Å². The molecule has 0 spiro atoms. The molecule has 6 nitrogen and oxygen atoms in total. The highest BCUT2D eigenvalue weighted by Gasteiger charge is 2.14. The zero-order valence-electron chi connectivity index (χ0n) is 17.8. The number of hydrazone groups is 1. The third-order valence-electron chi connectivity index (χ3n) is 3.86. The van der Waals surface area contributed by atoms with E-state index in [1.54, 1.807) is 42.2 Å². The second-order valence-corrected chi connectivity index (χ2v) is 9.16. The van der Waals surface area contributed by atoms with E-state index in [0.717, 1.165) is 11.3 Å². The highest BCUT2D eigenvalue weighted by atomic mass is 32.2. The van der Waals surface area contributed by atoms with Crippen LogP contribution in [0.3, 0.4) is 0 Å². The molecule has 1 atom stereocenters. The zero-order valence-corrected chi connectivity index (χ0v) is 18.7. The van der Waals surface area contributed by atoms with Gasteiger partial charge in [0.1, 0.15) is 5.75 Å². The van der Waals surface area contributed by atoms with Crippen LogP contribution < -0.4 is 15.5 Å². The fraction of sp³-hybridized carbons (Fsp3) is 0.348. The summed E-state index contributed by atoms with van der Waals surface area (Å²) in [5, 5.41) is 6.65. The maximum Gasteiger partial charge on any atom is 0.258 e. The predicted molar refractivity (Wildman–Crippen MR) is 123 cm³/mol. The van der Waals surface area contributed by atoms with E-state index >= 15 is 0 Å². The van der Waals surface area contributed by atoms with Crippen molar-refractivity contribution < 1.29 is 14.3 Å². The number of nitrogens with one attached hydrogen (secondary N) is 2. The summed E-state index contributed by atoms with van der Waals surface area (Å²) in [6.07, 6.45) is 1.57. The molecule has 0 aliphatic carbocycles. The molecule has 0 bridgehead atoms. The number of hydrogen-bond acceptors (Lipinski definition) is 5. The average Bonchev–Trinajstić information content (AvgIpc) is 2.71. The normalized spacial score (nSPS) is 12.4. The Labute approximate surface area is 182 Å². The predicted octanol–water partition coefficient (Wildman–Crippen LogP) is 3.75. The molecule has 30 heavy (non-hydrogen) atoms. The van der Waals surface area contributed by atoms with Crippen molar-refractivity contribution in [2.24, 2.45) is 5.10 Å². The molecule has 2 aromatic rings. The smallest absolute Gasteiger partial charge is 0.258 e. The van der Waals surface area contributed by atoms with Crippen LogP contribution in [-0.2, 0) is 15.3 Å². The van der Waals surface area contributed by atoms with E-state index < -0.39 is 0 Å². The number of thioether (sulfide) groups is 1. The molecule has 2 N–H and O–H groups in total. The van der Waals surface area contributed by atoms with Crippen molar-refractivity contribution in [3.8, 4) is 5.75 Å². The molecule has 0 saturated carbocycles. The van der Waals surface area contributed by atoms with Crippen LogP contribution in [0.5, 0.6) is 5.75 Å². The lowest BCUT2D eigenvalue weighted by molar-refractivity contribution is -0.124. The van der Waals surface area contributed by atoms with Crippen molar-refractivity contribution in [1.82, 2.24) is 10.7 Å². The van der Waals surface area contributed by atoms with Crippen LogP contribution in [0, 0.1) is 0 Å². The lowest BCUT2D eigenvalue weighted by Gasteiger charge is -2.20. The van der Waals surface area contributed by atoms with Gasteiger partial charge in [0.05, 0.1) is 11.5 Å². The van der Waals surface area contributed by atoms with Gasteiger partial charge < -0.3 is 10.1 Å². The second kappa shape index (κ2) is 11.4. The maximum absolute atomic E-state index is 12.2. The Morgan fingerprint density at radius 3 is 2.40 bits per heavy atom. The molecule has 7 heteroatoms. The molecule has 2 rings (SSSR count). The Kier molecular flexibility index (Phi) is 8.92. The Balaban J connectivity index is 1.74. The van der Waals surface area contributed by atoms with Crippen molar-refractivity contribution in [2.45, 2.75) is 44.2 Å². The number of carbonyl (C=O) groups is 2. The van der Waals surface area contributed by atoms with Gasteiger partial charge in [0.15, 0.2) is 6.61 Å². The molecule has 0 unspecified atom stereocenters. The molecule has 0 fully saturated rings. The van der Waals surface area contributed by atoms with Crippen molar-refractivity contribution in [1.29, 1.82) is 0 Å². The van der Waals surface area contributed by atoms with Gasteiger partial charge in [-0.25, -0.2) is 5.43 Å². The second-order valence-electron chi connectivity index (χ2n) is 7.83. The Bertz CT molecular complexity index is 846. The summed E-state index contributed by atoms with van der Waals surface area (Å²) in [5.41, 5.74) is 4.28. The first kappa shape index (κ1) is 23.5. The van der Waals surface area contributed by atoms with Crippen LogP contribution in [0.4, 0.5) is 0 Å². The zero-order chi connectivity index (χ0) is 22.0. The molecule has 0 aliphatic rings. The number of carbonyl (C=O) groups excluding carboxylic acids is 2. The van der Waals surface area contributed by atoms with Gasteiger partial charge in [-0.2, -0.15) is 5.10 Å². The summed E-state index contributed by atoms with van der Waals surface area (Å²) in [6, 6.07) is 17.2. The summed E-state index contributed by atoms with van der Waals surface area (Å²) in [7, 11) is 0. The largest absolute Gasteiger partial charge is 0.484 e. The molecular weight excluding hydrogens is 398 g/mol. The van der Waals surface area contributed by atoms with Gasteiger partial charge >= 0.3 is 0 Å². The van der Waals surface area contributed by atoms with Gasteiger partial charge in [0.25, 0.3) is 11.8 Å². The highest BCUT2D eigenvalue weighted by molar-refractivity contribution is 7.99. The van der Waals surface area contributed by atoms with Gasteiger partial charge in [-0.3, -0.25) is 9.59 Å². The summed E-state index contributed by atoms with van der Waals surface area (Å²) >= 11 is 1.56. The van der Waals surface area contributed by atoms with E-state index in [9.17, 15) is 9.59 Å². The SMILES string of the molecule is C[C@@H](SCc1ccccc1)C(=O)N/N=C\c1ccc(OCC(=O)NC(C)(C)C)cc1. The van der Waals surface area contributed by atoms with Crippen molar-refractivity contribution in [3.63, 3.8) is 0 Å². The lowest BCUT2D eigenvalue weighted by Crippen LogP contribution is -2.43. The number of nitrogens with zero attached hydrogens (tertiary/aromatic N) is 1. The molecule has 0 aromatic heterocycles. The lowest BCUT2D eigenvalue weighted by atomic mass is 10.1. The average molecular weight is 428 g/mol. The van der Waals surface area contributed by atoms with Crippen LogP contribution in [-0.4, -0.2) is 35.4 Å². The maximum atomic E-state index is 12.2. The first-order chi connectivity index (χ1) is 14.2. The minimum absolute atomic E-state index is 0.0424. The number of hydrogen-bond donors (Lipinski definition) is 2. The first-order valence-corrected chi connectivity index (χ1v) is 10.8. The number of rotatable bonds is 9. The van der Waals surface area contributed by atoms with Gasteiger partial charge in [-0.1, -0.05) is 30.3 Å². The van der Waals surface area contributed by atoms with E-state index in [1.807, 2.05) is 58.0 Å². The standard InChI is InChI=1S/C23H29N3O3S/c1-17(30-16-19-8-6-5-7-9-19)22(28)26-24-14-18-10-12-20(13-11-18)29-15-21(27)25-23(2,3)4/h5-14,17H,15-16H2,1-4H3,(H,25,27)(H,26,28)/b24-14-/t17-/m1/s1. The van der Waals surface area contributed by atoms with E-state index in [1.165, 1.54) is 5.56 Å². The van der Waals surface area contributed by atoms with E-state index in [4.69, 9.17) is 4.74 Å². The van der Waals surface area contributed by atoms with Gasteiger partial charge in [-0.05, 0) is 63.1 Å². The third-order valence-corrected chi connectivity index (χ3v) is 5.08. The topological polar surface area (TPSA) is 79.8 Å². The van der Waals surface area contributed by atoms with Crippen molar-refractivity contribution in [3.05, 3.63) is 65.7 Å². The first-order valence-electron chi connectivity index (χ1n) is 9.75. The monoisotopic (exact) mass is 427 g/mol. The quantitative estimate of drug-likeness (QED) is 0.472. The third kappa shape index (κ3) is 9.13. The highest BCUT2D eigenvalue weighted by Crippen LogP contribution is 2.17. The Morgan fingerprint density at radius 1 is 1.10 bits per heavy atom. The van der Waals surface area contributed by atoms with Crippen molar-refractivity contribution in [2.75, 3.05) is 6.61 Å². The Hall–Kier alpha value is -2.80. The molecular formula is C23H29N3O3S. The summed E-state index contributed by atoms with van der Waals surface area (Å²) in [5.74, 6) is 1.05. The summed E-state index contributed by atoms with van der Waals surface area (Å²) in [6.45, 7) is 7.57. The van der Waals surface area contributed by atoms with Gasteiger partial charge in [0, 0.05) is 11.3 Å².